The first-order chi connectivity index (χ1) is 12.2. The Morgan fingerprint density at radius 3 is 2.04 bits per heavy atom. The number of aliphatic hydroxyl groups excluding tert-OH is 1. The van der Waals surface area contributed by atoms with Crippen LogP contribution in [-0.2, 0) is 13.0 Å². The fraction of sp³-hybridized carbons (Fsp3) is 0.478. The van der Waals surface area contributed by atoms with Crippen molar-refractivity contribution in [3.8, 4) is 0 Å². The highest BCUT2D eigenvalue weighted by Gasteiger charge is 2.08. The third-order valence-corrected chi connectivity index (χ3v) is 4.84. The number of aliphatic hydroxyl groups is 1. The lowest BCUT2D eigenvalue weighted by atomic mass is 10.0. The van der Waals surface area contributed by atoms with Crippen molar-refractivity contribution < 1.29 is 5.11 Å². The molecule has 1 fully saturated rings. The summed E-state index contributed by atoms with van der Waals surface area (Å²) in [6, 6.07) is 18.9. The van der Waals surface area contributed by atoms with Gasteiger partial charge < -0.3 is 10.0 Å². The monoisotopic (exact) mass is 339 g/mol. The maximum absolute atomic E-state index is 8.77. The number of nitrogens with zero attached hydrogens (tertiary/aromatic N) is 1. The Morgan fingerprint density at radius 1 is 0.840 bits per heavy atom. The van der Waals surface area contributed by atoms with Gasteiger partial charge in [-0.25, -0.2) is 0 Å². The quantitative estimate of drug-likeness (QED) is 0.827. The zero-order chi connectivity index (χ0) is 17.9. The van der Waals surface area contributed by atoms with Gasteiger partial charge in [0.15, 0.2) is 0 Å². The molecule has 0 unspecified atom stereocenters. The smallest absolute Gasteiger partial charge is 0.0681 e. The molecule has 2 aromatic rings. The van der Waals surface area contributed by atoms with Crippen LogP contribution in [0.5, 0.6) is 0 Å². The van der Waals surface area contributed by atoms with E-state index in [4.69, 9.17) is 5.11 Å². The van der Waals surface area contributed by atoms with Gasteiger partial charge in [0.25, 0.3) is 0 Å². The SMILES string of the molecule is CC(C)c1ccc(CO)cc1.c1ccc(CCN2CCCCC2)cc1. The summed E-state index contributed by atoms with van der Waals surface area (Å²) in [5, 5.41) is 8.77. The van der Waals surface area contributed by atoms with E-state index < -0.39 is 0 Å². The molecule has 1 saturated heterocycles. The Bertz CT molecular complexity index is 571. The second kappa shape index (κ2) is 11.1. The number of benzene rings is 2. The van der Waals surface area contributed by atoms with E-state index >= 15 is 0 Å². The van der Waals surface area contributed by atoms with Crippen molar-refractivity contribution in [2.24, 2.45) is 0 Å². The fourth-order valence-corrected chi connectivity index (χ4v) is 3.12. The average molecular weight is 340 g/mol. The number of hydrogen-bond donors (Lipinski definition) is 1. The van der Waals surface area contributed by atoms with Crippen molar-refractivity contribution in [1.82, 2.24) is 4.90 Å². The number of likely N-dealkylation sites (tertiary alicyclic amines) is 1. The summed E-state index contributed by atoms with van der Waals surface area (Å²) < 4.78 is 0. The second-order valence-corrected chi connectivity index (χ2v) is 7.19. The molecule has 2 aromatic carbocycles. The minimum atomic E-state index is 0.137. The molecule has 0 bridgehead atoms. The van der Waals surface area contributed by atoms with Crippen LogP contribution in [0.15, 0.2) is 54.6 Å². The zero-order valence-corrected chi connectivity index (χ0v) is 15.8. The van der Waals surface area contributed by atoms with Crippen molar-refractivity contribution in [3.63, 3.8) is 0 Å². The third kappa shape index (κ3) is 7.41. The predicted octanol–water partition coefficient (Wildman–Crippen LogP) is 5.02. The highest BCUT2D eigenvalue weighted by atomic mass is 16.3. The van der Waals surface area contributed by atoms with Crippen LogP contribution in [0.1, 0.15) is 55.7 Å². The first-order valence-corrected chi connectivity index (χ1v) is 9.65. The fourth-order valence-electron chi connectivity index (χ4n) is 3.12. The molecule has 1 N–H and O–H groups in total. The lowest BCUT2D eigenvalue weighted by molar-refractivity contribution is 0.231. The Balaban J connectivity index is 0.000000186. The first-order valence-electron chi connectivity index (χ1n) is 9.65. The number of hydrogen-bond acceptors (Lipinski definition) is 2. The molecule has 0 spiro atoms. The predicted molar refractivity (Wildman–Crippen MR) is 107 cm³/mol. The molecule has 3 rings (SSSR count). The lowest BCUT2D eigenvalue weighted by Crippen LogP contribution is -2.31. The highest BCUT2D eigenvalue weighted by Crippen LogP contribution is 2.14. The summed E-state index contributed by atoms with van der Waals surface area (Å²) in [5.41, 5.74) is 3.77. The largest absolute Gasteiger partial charge is 0.392 e. The van der Waals surface area contributed by atoms with Gasteiger partial charge in [0.2, 0.25) is 0 Å². The molecule has 0 radical (unpaired) electrons. The standard InChI is InChI=1S/C13H19N.C10H14O/c1-3-7-13(8-4-1)9-12-14-10-5-2-6-11-14;1-8(2)10-5-3-9(7-11)4-6-10/h1,3-4,7-8H,2,5-6,9-12H2;3-6,8,11H,7H2,1-2H3. The molecule has 0 amide bonds. The van der Waals surface area contributed by atoms with E-state index in [9.17, 15) is 0 Å². The van der Waals surface area contributed by atoms with Crippen LogP contribution in [0, 0.1) is 0 Å². The Morgan fingerprint density at radius 2 is 1.48 bits per heavy atom. The van der Waals surface area contributed by atoms with E-state index in [2.05, 4.69) is 61.2 Å². The molecule has 1 aliphatic rings. The van der Waals surface area contributed by atoms with E-state index in [-0.39, 0.29) is 6.61 Å². The molecule has 2 heteroatoms. The summed E-state index contributed by atoms with van der Waals surface area (Å²) in [4.78, 5) is 2.59. The molecule has 0 aliphatic carbocycles. The first kappa shape index (κ1) is 19.7. The normalized spacial score (nSPS) is 14.9. The van der Waals surface area contributed by atoms with Gasteiger partial charge in [-0.3, -0.25) is 0 Å². The van der Waals surface area contributed by atoms with Crippen molar-refractivity contribution in [3.05, 3.63) is 71.3 Å². The Hall–Kier alpha value is -1.64. The summed E-state index contributed by atoms with van der Waals surface area (Å²) in [6.07, 6.45) is 5.44. The van der Waals surface area contributed by atoms with Gasteiger partial charge in [-0.05, 0) is 55.0 Å². The molecule has 25 heavy (non-hydrogen) atoms. The van der Waals surface area contributed by atoms with Crippen molar-refractivity contribution >= 4 is 0 Å². The van der Waals surface area contributed by atoms with Gasteiger partial charge in [-0.1, -0.05) is 74.9 Å². The molecule has 1 aliphatic heterocycles. The van der Waals surface area contributed by atoms with Crippen LogP contribution in [0.2, 0.25) is 0 Å². The summed E-state index contributed by atoms with van der Waals surface area (Å²) >= 11 is 0. The van der Waals surface area contributed by atoms with Crippen LogP contribution in [0.4, 0.5) is 0 Å². The summed E-state index contributed by atoms with van der Waals surface area (Å²) in [5.74, 6) is 0.572. The molecule has 0 atom stereocenters. The van der Waals surface area contributed by atoms with Gasteiger partial charge in [-0.2, -0.15) is 0 Å². The minimum Gasteiger partial charge on any atom is -0.392 e. The second-order valence-electron chi connectivity index (χ2n) is 7.19. The molecule has 0 aromatic heterocycles. The van der Waals surface area contributed by atoms with Gasteiger partial charge in [0.1, 0.15) is 0 Å². The van der Waals surface area contributed by atoms with Crippen LogP contribution in [-0.4, -0.2) is 29.6 Å². The summed E-state index contributed by atoms with van der Waals surface area (Å²) in [6.45, 7) is 8.32. The topological polar surface area (TPSA) is 23.5 Å². The average Bonchev–Trinajstić information content (AvgIpc) is 2.68. The summed E-state index contributed by atoms with van der Waals surface area (Å²) in [7, 11) is 0. The minimum absolute atomic E-state index is 0.137. The van der Waals surface area contributed by atoms with Gasteiger partial charge in [0, 0.05) is 6.54 Å². The molecule has 136 valence electrons. The van der Waals surface area contributed by atoms with E-state index in [1.807, 2.05) is 12.1 Å². The van der Waals surface area contributed by atoms with Gasteiger partial charge in [0.05, 0.1) is 6.61 Å². The molecular weight excluding hydrogens is 306 g/mol. The molecule has 0 saturated carbocycles. The van der Waals surface area contributed by atoms with E-state index in [0.29, 0.717) is 5.92 Å². The van der Waals surface area contributed by atoms with E-state index in [1.54, 1.807) is 0 Å². The molecular formula is C23H33NO. The Labute approximate surface area is 153 Å². The number of rotatable bonds is 5. The molecule has 2 nitrogen and oxygen atoms in total. The van der Waals surface area contributed by atoms with Gasteiger partial charge in [-0.15, -0.1) is 0 Å². The van der Waals surface area contributed by atoms with Gasteiger partial charge >= 0.3 is 0 Å². The highest BCUT2D eigenvalue weighted by molar-refractivity contribution is 5.24. The van der Waals surface area contributed by atoms with Crippen LogP contribution in [0.25, 0.3) is 0 Å². The maximum atomic E-state index is 8.77. The molecule has 1 heterocycles. The van der Waals surface area contributed by atoms with E-state index in [1.165, 1.54) is 56.4 Å². The van der Waals surface area contributed by atoms with Crippen molar-refractivity contribution in [2.75, 3.05) is 19.6 Å². The van der Waals surface area contributed by atoms with Crippen molar-refractivity contribution in [2.45, 2.75) is 52.1 Å². The van der Waals surface area contributed by atoms with Crippen LogP contribution >= 0.6 is 0 Å². The third-order valence-electron chi connectivity index (χ3n) is 4.84. The lowest BCUT2D eigenvalue weighted by Gasteiger charge is -2.26. The Kier molecular flexibility index (Phi) is 8.71. The van der Waals surface area contributed by atoms with E-state index in [0.717, 1.165) is 5.56 Å². The van der Waals surface area contributed by atoms with Crippen LogP contribution in [0.3, 0.4) is 0 Å². The zero-order valence-electron chi connectivity index (χ0n) is 15.8. The van der Waals surface area contributed by atoms with Crippen LogP contribution < -0.4 is 0 Å². The maximum Gasteiger partial charge on any atom is 0.0681 e. The van der Waals surface area contributed by atoms with Crippen molar-refractivity contribution in [1.29, 1.82) is 0 Å². The number of piperidine rings is 1.